The van der Waals surface area contributed by atoms with Crippen LogP contribution in [0.1, 0.15) is 43.2 Å². The molecule has 0 atom stereocenters. The normalized spacial score (nSPS) is 17.3. The zero-order valence-corrected chi connectivity index (χ0v) is 13.5. The molecule has 0 aromatic heterocycles. The minimum Gasteiger partial charge on any atom is -0.392 e. The third-order valence-electron chi connectivity index (χ3n) is 4.24. The van der Waals surface area contributed by atoms with Gasteiger partial charge in [0.25, 0.3) is 0 Å². The number of aliphatic hydroxyl groups excluding tert-OH is 1. The van der Waals surface area contributed by atoms with E-state index in [4.69, 9.17) is 5.11 Å². The highest BCUT2D eigenvalue weighted by molar-refractivity contribution is 7.88. The van der Waals surface area contributed by atoms with E-state index in [9.17, 15) is 8.42 Å². The van der Waals surface area contributed by atoms with E-state index in [-0.39, 0.29) is 12.4 Å². The molecule has 1 saturated carbocycles. The molecule has 5 heteroatoms. The monoisotopic (exact) mass is 311 g/mol. The third kappa shape index (κ3) is 4.80. The lowest BCUT2D eigenvalue weighted by Gasteiger charge is -2.26. The molecule has 1 aliphatic carbocycles. The number of aliphatic hydroxyl groups is 1. The van der Waals surface area contributed by atoms with E-state index in [1.54, 1.807) is 31.3 Å². The topological polar surface area (TPSA) is 57.6 Å². The molecule has 1 fully saturated rings. The lowest BCUT2D eigenvalue weighted by atomic mass is 9.89. The van der Waals surface area contributed by atoms with E-state index in [2.05, 4.69) is 0 Å². The van der Waals surface area contributed by atoms with Crippen molar-refractivity contribution >= 4 is 10.0 Å². The molecule has 0 radical (unpaired) electrons. The Hall–Kier alpha value is -0.910. The Morgan fingerprint density at radius 2 is 1.86 bits per heavy atom. The molecule has 0 spiro atoms. The molecule has 4 nitrogen and oxygen atoms in total. The Labute approximate surface area is 127 Å². The van der Waals surface area contributed by atoms with E-state index >= 15 is 0 Å². The number of nitrogens with zero attached hydrogens (tertiary/aromatic N) is 1. The largest absolute Gasteiger partial charge is 0.392 e. The highest BCUT2D eigenvalue weighted by Gasteiger charge is 2.23. The van der Waals surface area contributed by atoms with Crippen LogP contribution in [0, 0.1) is 5.92 Å². The predicted molar refractivity (Wildman–Crippen MR) is 84.2 cm³/mol. The first kappa shape index (κ1) is 16.5. The average molecular weight is 311 g/mol. The van der Waals surface area contributed by atoms with E-state index in [1.807, 2.05) is 0 Å². The van der Waals surface area contributed by atoms with Crippen LogP contribution in [0.3, 0.4) is 0 Å². The summed E-state index contributed by atoms with van der Waals surface area (Å²) in [7, 11) is -1.61. The zero-order chi connectivity index (χ0) is 15.3. The summed E-state index contributed by atoms with van der Waals surface area (Å²) in [4.78, 5) is 0. The summed E-state index contributed by atoms with van der Waals surface area (Å²) >= 11 is 0. The van der Waals surface area contributed by atoms with Crippen LogP contribution in [0.15, 0.2) is 24.3 Å². The quantitative estimate of drug-likeness (QED) is 0.878. The number of hydrogen-bond acceptors (Lipinski definition) is 3. The van der Waals surface area contributed by atoms with Gasteiger partial charge in [-0.2, -0.15) is 0 Å². The van der Waals surface area contributed by atoms with Crippen molar-refractivity contribution in [3.05, 3.63) is 35.4 Å². The van der Waals surface area contributed by atoms with E-state index in [1.165, 1.54) is 23.6 Å². The van der Waals surface area contributed by atoms with E-state index in [0.717, 1.165) is 24.0 Å². The molecule has 0 saturated heterocycles. The molecule has 0 bridgehead atoms. The van der Waals surface area contributed by atoms with Crippen LogP contribution in [0.2, 0.25) is 0 Å². The summed E-state index contributed by atoms with van der Waals surface area (Å²) in [5.74, 6) is 0.506. The van der Waals surface area contributed by atoms with Gasteiger partial charge in [-0.15, -0.1) is 0 Å². The second kappa shape index (κ2) is 7.38. The molecular weight excluding hydrogens is 286 g/mol. The van der Waals surface area contributed by atoms with Crippen molar-refractivity contribution < 1.29 is 13.5 Å². The van der Waals surface area contributed by atoms with Gasteiger partial charge in [-0.25, -0.2) is 12.7 Å². The van der Waals surface area contributed by atoms with Crippen LogP contribution in [-0.2, 0) is 22.4 Å². The highest BCUT2D eigenvalue weighted by atomic mass is 32.2. The standard InChI is InChI=1S/C16H25NO3S/c1-17(11-14-6-3-2-4-7-14)21(19,20)13-16-9-5-8-15(10-16)12-18/h5,8-10,14,18H,2-4,6-7,11-13H2,1H3. The number of sulfonamides is 1. The first-order valence-corrected chi connectivity index (χ1v) is 9.25. The molecular formula is C16H25NO3S. The van der Waals surface area contributed by atoms with Crippen LogP contribution >= 0.6 is 0 Å². The Bertz CT molecular complexity index is 550. The van der Waals surface area contributed by atoms with Crippen molar-refractivity contribution in [2.45, 2.75) is 44.5 Å². The highest BCUT2D eigenvalue weighted by Crippen LogP contribution is 2.25. The van der Waals surface area contributed by atoms with Gasteiger partial charge in [0.1, 0.15) is 0 Å². The van der Waals surface area contributed by atoms with Gasteiger partial charge in [0, 0.05) is 13.6 Å². The Morgan fingerprint density at radius 1 is 1.19 bits per heavy atom. The molecule has 1 aromatic carbocycles. The zero-order valence-electron chi connectivity index (χ0n) is 12.7. The molecule has 2 rings (SSSR count). The lowest BCUT2D eigenvalue weighted by molar-refractivity contribution is 0.281. The predicted octanol–water partition coefficient (Wildman–Crippen LogP) is 2.52. The van der Waals surface area contributed by atoms with Gasteiger partial charge in [0.15, 0.2) is 0 Å². The van der Waals surface area contributed by atoms with Gasteiger partial charge >= 0.3 is 0 Å². The molecule has 0 unspecified atom stereocenters. The molecule has 1 aliphatic rings. The van der Waals surface area contributed by atoms with Gasteiger partial charge < -0.3 is 5.11 Å². The lowest BCUT2D eigenvalue weighted by Crippen LogP contribution is -2.33. The van der Waals surface area contributed by atoms with Crippen molar-refractivity contribution in [3.8, 4) is 0 Å². The summed E-state index contributed by atoms with van der Waals surface area (Å²) in [5, 5.41) is 9.13. The van der Waals surface area contributed by atoms with Crippen molar-refractivity contribution in [1.82, 2.24) is 4.31 Å². The van der Waals surface area contributed by atoms with Crippen LogP contribution in [-0.4, -0.2) is 31.4 Å². The van der Waals surface area contributed by atoms with E-state index < -0.39 is 10.0 Å². The molecule has 0 aliphatic heterocycles. The first-order chi connectivity index (χ1) is 10.0. The number of benzene rings is 1. The fourth-order valence-electron chi connectivity index (χ4n) is 2.99. The molecule has 1 aromatic rings. The van der Waals surface area contributed by atoms with Crippen molar-refractivity contribution in [1.29, 1.82) is 0 Å². The fraction of sp³-hybridized carbons (Fsp3) is 0.625. The molecule has 1 N–H and O–H groups in total. The van der Waals surface area contributed by atoms with Crippen molar-refractivity contribution in [2.24, 2.45) is 5.92 Å². The maximum absolute atomic E-state index is 12.4. The van der Waals surface area contributed by atoms with Gasteiger partial charge in [-0.05, 0) is 29.9 Å². The van der Waals surface area contributed by atoms with Gasteiger partial charge in [-0.3, -0.25) is 0 Å². The number of rotatable bonds is 6. The molecule has 0 heterocycles. The van der Waals surface area contributed by atoms with Gasteiger partial charge in [-0.1, -0.05) is 43.5 Å². The third-order valence-corrected chi connectivity index (χ3v) is 6.03. The second-order valence-corrected chi connectivity index (χ2v) is 8.09. The maximum atomic E-state index is 12.4. The second-order valence-electron chi connectivity index (χ2n) is 6.02. The Balaban J connectivity index is 1.99. The summed E-state index contributed by atoms with van der Waals surface area (Å²) < 4.78 is 26.4. The van der Waals surface area contributed by atoms with Crippen LogP contribution in [0.25, 0.3) is 0 Å². The number of hydrogen-bond donors (Lipinski definition) is 1. The SMILES string of the molecule is CN(CC1CCCCC1)S(=O)(=O)Cc1cccc(CO)c1. The van der Waals surface area contributed by atoms with Gasteiger partial charge in [0.05, 0.1) is 12.4 Å². The fourth-order valence-corrected chi connectivity index (χ4v) is 4.24. The molecule has 21 heavy (non-hydrogen) atoms. The summed E-state index contributed by atoms with van der Waals surface area (Å²) in [6.45, 7) is 0.563. The van der Waals surface area contributed by atoms with E-state index in [0.29, 0.717) is 12.5 Å². The van der Waals surface area contributed by atoms with Gasteiger partial charge in [0.2, 0.25) is 10.0 Å². The minimum atomic E-state index is -3.29. The summed E-state index contributed by atoms with van der Waals surface area (Å²) in [6.07, 6.45) is 5.99. The maximum Gasteiger partial charge on any atom is 0.218 e. The average Bonchev–Trinajstić information content (AvgIpc) is 2.48. The van der Waals surface area contributed by atoms with Crippen LogP contribution in [0.4, 0.5) is 0 Å². The Kier molecular flexibility index (Phi) is 5.79. The van der Waals surface area contributed by atoms with Crippen LogP contribution in [0.5, 0.6) is 0 Å². The Morgan fingerprint density at radius 3 is 2.52 bits per heavy atom. The van der Waals surface area contributed by atoms with Crippen molar-refractivity contribution in [2.75, 3.05) is 13.6 Å². The molecule has 0 amide bonds. The van der Waals surface area contributed by atoms with Crippen LogP contribution < -0.4 is 0 Å². The summed E-state index contributed by atoms with van der Waals surface area (Å²) in [6, 6.07) is 7.14. The minimum absolute atomic E-state index is 0.00403. The first-order valence-electron chi connectivity index (χ1n) is 7.64. The summed E-state index contributed by atoms with van der Waals surface area (Å²) in [5.41, 5.74) is 1.48. The van der Waals surface area contributed by atoms with Crippen molar-refractivity contribution in [3.63, 3.8) is 0 Å². The smallest absolute Gasteiger partial charge is 0.218 e. The molecule has 118 valence electrons.